The summed E-state index contributed by atoms with van der Waals surface area (Å²) in [6.07, 6.45) is 3.99. The van der Waals surface area contributed by atoms with Crippen molar-refractivity contribution < 1.29 is 4.74 Å². The van der Waals surface area contributed by atoms with Crippen LogP contribution in [0.5, 0.6) is 0 Å². The molecule has 14 heavy (non-hydrogen) atoms. The average molecular weight is 198 g/mol. The van der Waals surface area contributed by atoms with Crippen molar-refractivity contribution >= 4 is 0 Å². The largest absolute Gasteiger partial charge is 0.385 e. The smallest absolute Gasteiger partial charge is 0.0474 e. The van der Waals surface area contributed by atoms with Gasteiger partial charge < -0.3 is 9.64 Å². The third-order valence-corrected chi connectivity index (χ3v) is 3.71. The maximum absolute atomic E-state index is 5.10. The van der Waals surface area contributed by atoms with Gasteiger partial charge in [-0.15, -0.1) is 0 Å². The first-order valence-electron chi connectivity index (χ1n) is 5.74. The van der Waals surface area contributed by atoms with E-state index in [9.17, 15) is 0 Å². The molecule has 0 saturated carbocycles. The summed E-state index contributed by atoms with van der Waals surface area (Å²) in [6, 6.07) is 1.64. The van der Waals surface area contributed by atoms with Crippen molar-refractivity contribution in [3.8, 4) is 0 Å². The summed E-state index contributed by atoms with van der Waals surface area (Å²) in [5.41, 5.74) is 0. The highest BCUT2D eigenvalue weighted by molar-refractivity contribution is 4.93. The molecule has 0 spiro atoms. The molecule has 0 N–H and O–H groups in total. The fourth-order valence-corrected chi connectivity index (χ4v) is 2.81. The van der Waals surface area contributed by atoms with Gasteiger partial charge in [0, 0.05) is 45.4 Å². The monoisotopic (exact) mass is 198 g/mol. The summed E-state index contributed by atoms with van der Waals surface area (Å²) >= 11 is 0. The molecule has 0 aromatic heterocycles. The first kappa shape index (κ1) is 10.4. The molecule has 0 aromatic rings. The van der Waals surface area contributed by atoms with Gasteiger partial charge in [0.2, 0.25) is 0 Å². The van der Waals surface area contributed by atoms with Crippen molar-refractivity contribution in [1.29, 1.82) is 0 Å². The Hall–Kier alpha value is -0.120. The second-order valence-electron chi connectivity index (χ2n) is 4.67. The number of nitrogens with zero attached hydrogens (tertiary/aromatic N) is 2. The Labute approximate surface area is 87.0 Å². The minimum absolute atomic E-state index is 0.821. The lowest BCUT2D eigenvalue weighted by atomic mass is 9.91. The van der Waals surface area contributed by atoms with E-state index in [0.29, 0.717) is 0 Å². The molecule has 0 radical (unpaired) electrons. The summed E-state index contributed by atoms with van der Waals surface area (Å²) in [4.78, 5) is 5.19. The molecule has 3 rings (SSSR count). The number of methoxy groups -OCH3 is 1. The van der Waals surface area contributed by atoms with Crippen molar-refractivity contribution in [3.05, 3.63) is 0 Å². The molecule has 3 nitrogen and oxygen atoms in total. The van der Waals surface area contributed by atoms with Crippen LogP contribution in [-0.2, 0) is 4.74 Å². The number of ether oxygens (including phenoxy) is 1. The molecule has 2 bridgehead atoms. The van der Waals surface area contributed by atoms with Crippen LogP contribution in [0.1, 0.15) is 19.3 Å². The first-order chi connectivity index (χ1) is 6.81. The number of hydrogen-bond donors (Lipinski definition) is 0. The molecular weight excluding hydrogens is 176 g/mol. The molecule has 2 atom stereocenters. The number of hydrogen-bond acceptors (Lipinski definition) is 3. The zero-order valence-electron chi connectivity index (χ0n) is 9.41. The first-order valence-corrected chi connectivity index (χ1v) is 5.74. The van der Waals surface area contributed by atoms with Crippen LogP contribution in [0, 0.1) is 0 Å². The SMILES string of the molecule is COCCCN1CC2CCC1CN2C. The van der Waals surface area contributed by atoms with Gasteiger partial charge in [0.25, 0.3) is 0 Å². The van der Waals surface area contributed by atoms with Gasteiger partial charge in [0.1, 0.15) is 0 Å². The molecule has 3 heteroatoms. The van der Waals surface area contributed by atoms with Crippen LogP contribution in [0.2, 0.25) is 0 Å². The van der Waals surface area contributed by atoms with Crippen molar-refractivity contribution in [2.75, 3.05) is 40.4 Å². The van der Waals surface area contributed by atoms with E-state index in [1.807, 2.05) is 0 Å². The summed E-state index contributed by atoms with van der Waals surface area (Å²) in [5.74, 6) is 0. The predicted octanol–water partition coefficient (Wildman–Crippen LogP) is 0.801. The van der Waals surface area contributed by atoms with Crippen LogP contribution in [0.4, 0.5) is 0 Å². The molecule has 2 unspecified atom stereocenters. The van der Waals surface area contributed by atoms with Crippen LogP contribution in [0.3, 0.4) is 0 Å². The van der Waals surface area contributed by atoms with Gasteiger partial charge in [-0.05, 0) is 26.3 Å². The van der Waals surface area contributed by atoms with E-state index in [0.717, 1.165) is 18.7 Å². The van der Waals surface area contributed by atoms with E-state index in [4.69, 9.17) is 4.74 Å². The van der Waals surface area contributed by atoms with Gasteiger partial charge in [-0.1, -0.05) is 0 Å². The Morgan fingerprint density at radius 1 is 1.21 bits per heavy atom. The average Bonchev–Trinajstić information content (AvgIpc) is 2.20. The van der Waals surface area contributed by atoms with E-state index < -0.39 is 0 Å². The fourth-order valence-electron chi connectivity index (χ4n) is 2.81. The summed E-state index contributed by atoms with van der Waals surface area (Å²) < 4.78 is 5.10. The molecule has 3 aliphatic heterocycles. The van der Waals surface area contributed by atoms with Crippen molar-refractivity contribution in [2.45, 2.75) is 31.3 Å². The molecule has 3 saturated heterocycles. The van der Waals surface area contributed by atoms with E-state index >= 15 is 0 Å². The summed E-state index contributed by atoms with van der Waals surface area (Å²) in [7, 11) is 4.06. The van der Waals surface area contributed by atoms with Gasteiger partial charge in [-0.3, -0.25) is 4.90 Å². The maximum Gasteiger partial charge on any atom is 0.0474 e. The van der Waals surface area contributed by atoms with E-state index in [-0.39, 0.29) is 0 Å². The predicted molar refractivity (Wildman–Crippen MR) is 57.5 cm³/mol. The lowest BCUT2D eigenvalue weighted by Crippen LogP contribution is -2.61. The van der Waals surface area contributed by atoms with E-state index in [1.165, 1.54) is 38.9 Å². The summed E-state index contributed by atoms with van der Waals surface area (Å²) in [6.45, 7) is 4.69. The zero-order chi connectivity index (χ0) is 9.97. The Kier molecular flexibility index (Phi) is 3.42. The van der Waals surface area contributed by atoms with Gasteiger partial charge in [-0.2, -0.15) is 0 Å². The Morgan fingerprint density at radius 2 is 2.00 bits per heavy atom. The normalized spacial score (nSPS) is 33.9. The Morgan fingerprint density at radius 3 is 2.57 bits per heavy atom. The molecule has 3 heterocycles. The Balaban J connectivity index is 1.78. The standard InChI is InChI=1S/C11H22N2O/c1-12-8-11-5-4-10(12)9-13(11)6-3-7-14-2/h10-11H,3-9H2,1-2H3. The maximum atomic E-state index is 5.10. The lowest BCUT2D eigenvalue weighted by Gasteiger charge is -2.50. The van der Waals surface area contributed by atoms with Crippen molar-refractivity contribution in [3.63, 3.8) is 0 Å². The van der Waals surface area contributed by atoms with Gasteiger partial charge in [0.15, 0.2) is 0 Å². The van der Waals surface area contributed by atoms with E-state index in [2.05, 4.69) is 16.8 Å². The molecule has 3 aliphatic rings. The number of fused-ring (bicyclic) bond motifs is 3. The van der Waals surface area contributed by atoms with Crippen molar-refractivity contribution in [1.82, 2.24) is 9.80 Å². The topological polar surface area (TPSA) is 15.7 Å². The number of likely N-dealkylation sites (N-methyl/N-ethyl adjacent to an activating group) is 1. The third kappa shape index (κ3) is 2.10. The third-order valence-electron chi connectivity index (χ3n) is 3.71. The molecular formula is C11H22N2O. The molecule has 82 valence electrons. The lowest BCUT2D eigenvalue weighted by molar-refractivity contribution is -0.00956. The number of piperazine rings is 1. The number of rotatable bonds is 4. The molecule has 0 aromatic carbocycles. The van der Waals surface area contributed by atoms with Crippen LogP contribution in [0.15, 0.2) is 0 Å². The van der Waals surface area contributed by atoms with Crippen molar-refractivity contribution in [2.24, 2.45) is 0 Å². The van der Waals surface area contributed by atoms with Crippen LogP contribution in [-0.4, -0.2) is 62.3 Å². The number of piperidine rings is 2. The van der Waals surface area contributed by atoms with E-state index in [1.54, 1.807) is 7.11 Å². The highest BCUT2D eigenvalue weighted by Crippen LogP contribution is 2.27. The van der Waals surface area contributed by atoms with Crippen LogP contribution >= 0.6 is 0 Å². The van der Waals surface area contributed by atoms with Crippen LogP contribution in [0.25, 0.3) is 0 Å². The minimum atomic E-state index is 0.821. The fraction of sp³-hybridized carbons (Fsp3) is 1.00. The molecule has 0 amide bonds. The quantitative estimate of drug-likeness (QED) is 0.622. The van der Waals surface area contributed by atoms with Crippen LogP contribution < -0.4 is 0 Å². The highest BCUT2D eigenvalue weighted by Gasteiger charge is 2.36. The van der Waals surface area contributed by atoms with Gasteiger partial charge in [0.05, 0.1) is 0 Å². The van der Waals surface area contributed by atoms with Gasteiger partial charge >= 0.3 is 0 Å². The second-order valence-corrected chi connectivity index (χ2v) is 4.67. The minimum Gasteiger partial charge on any atom is -0.385 e. The summed E-state index contributed by atoms with van der Waals surface area (Å²) in [5, 5.41) is 0. The Bertz CT molecular complexity index is 186. The highest BCUT2D eigenvalue weighted by atomic mass is 16.5. The van der Waals surface area contributed by atoms with Gasteiger partial charge in [-0.25, -0.2) is 0 Å². The molecule has 0 aliphatic carbocycles. The zero-order valence-corrected chi connectivity index (χ0v) is 9.41. The second kappa shape index (κ2) is 4.60. The molecule has 3 fully saturated rings.